The first-order valence-corrected chi connectivity index (χ1v) is 8.98. The molecule has 112 valence electrons. The summed E-state index contributed by atoms with van der Waals surface area (Å²) in [6.45, 7) is 10.4. The molecule has 0 bridgehead atoms. The summed E-state index contributed by atoms with van der Waals surface area (Å²) in [6.07, 6.45) is 3.92. The predicted octanol–water partition coefficient (Wildman–Crippen LogP) is 4.79. The highest BCUT2D eigenvalue weighted by molar-refractivity contribution is 7.99. The summed E-state index contributed by atoms with van der Waals surface area (Å²) >= 11 is 2.14. The molecule has 1 nitrogen and oxygen atoms in total. The van der Waals surface area contributed by atoms with E-state index in [0.29, 0.717) is 11.5 Å². The van der Waals surface area contributed by atoms with Crippen LogP contribution in [0.4, 0.5) is 0 Å². The number of nitrogens with one attached hydrogen (secondary N) is 1. The maximum absolute atomic E-state index is 3.80. The average molecular weight is 292 g/mol. The summed E-state index contributed by atoms with van der Waals surface area (Å²) in [5, 5.41) is 4.56. The lowest BCUT2D eigenvalue weighted by molar-refractivity contribution is 0.287. The minimum Gasteiger partial charge on any atom is -0.312 e. The van der Waals surface area contributed by atoms with Crippen LogP contribution in [0.1, 0.15) is 51.2 Å². The highest BCUT2D eigenvalue weighted by Gasteiger charge is 2.41. The number of rotatable bonds is 6. The number of aryl methyl sites for hydroxylation is 1. The Bertz CT molecular complexity index is 427. The van der Waals surface area contributed by atoms with Crippen LogP contribution in [0, 0.1) is 12.3 Å². The van der Waals surface area contributed by atoms with Crippen molar-refractivity contribution in [3.63, 3.8) is 0 Å². The summed E-state index contributed by atoms with van der Waals surface area (Å²) in [5.74, 6) is 1.15. The number of hydrogen-bond acceptors (Lipinski definition) is 2. The van der Waals surface area contributed by atoms with Gasteiger partial charge in [-0.2, -0.15) is 11.8 Å². The molecule has 2 heteroatoms. The van der Waals surface area contributed by atoms with Crippen molar-refractivity contribution >= 4 is 11.8 Å². The second kappa shape index (κ2) is 7.00. The van der Waals surface area contributed by atoms with Gasteiger partial charge in [-0.05, 0) is 43.7 Å². The van der Waals surface area contributed by atoms with Crippen LogP contribution in [0.5, 0.6) is 0 Å². The molecule has 0 amide bonds. The molecule has 2 atom stereocenters. The van der Waals surface area contributed by atoms with Crippen molar-refractivity contribution in [1.29, 1.82) is 0 Å². The standard InChI is InChI=1S/C18H29NS/c1-5-11-19-17-16(9-10-18(17,3)4)20-13-15-8-6-7-14(2)12-15/h6-8,12,16-17,19H,5,9-11,13H2,1-4H3. The van der Waals surface area contributed by atoms with Crippen LogP contribution >= 0.6 is 11.8 Å². The van der Waals surface area contributed by atoms with Gasteiger partial charge in [-0.1, -0.05) is 50.6 Å². The molecule has 1 saturated carbocycles. The zero-order valence-electron chi connectivity index (χ0n) is 13.4. The topological polar surface area (TPSA) is 12.0 Å². The Morgan fingerprint density at radius 1 is 1.35 bits per heavy atom. The molecule has 1 aliphatic rings. The molecule has 0 aliphatic heterocycles. The van der Waals surface area contributed by atoms with Gasteiger partial charge in [0.05, 0.1) is 0 Å². The van der Waals surface area contributed by atoms with Crippen LogP contribution in [0.15, 0.2) is 24.3 Å². The van der Waals surface area contributed by atoms with Crippen molar-refractivity contribution in [2.45, 2.75) is 64.0 Å². The van der Waals surface area contributed by atoms with E-state index in [1.54, 1.807) is 0 Å². The van der Waals surface area contributed by atoms with Crippen LogP contribution < -0.4 is 5.32 Å². The second-order valence-electron chi connectivity index (χ2n) is 6.80. The molecule has 1 N–H and O–H groups in total. The van der Waals surface area contributed by atoms with Gasteiger partial charge in [0.25, 0.3) is 0 Å². The molecule has 2 unspecified atom stereocenters. The van der Waals surface area contributed by atoms with Gasteiger partial charge < -0.3 is 5.32 Å². The van der Waals surface area contributed by atoms with Crippen molar-refractivity contribution in [3.05, 3.63) is 35.4 Å². The van der Waals surface area contributed by atoms with E-state index in [1.165, 1.54) is 30.4 Å². The molecule has 0 aromatic heterocycles. The quantitative estimate of drug-likeness (QED) is 0.809. The fraction of sp³-hybridized carbons (Fsp3) is 0.667. The molecule has 0 heterocycles. The van der Waals surface area contributed by atoms with E-state index in [2.05, 4.69) is 69.0 Å². The van der Waals surface area contributed by atoms with Crippen molar-refractivity contribution in [3.8, 4) is 0 Å². The van der Waals surface area contributed by atoms with Crippen molar-refractivity contribution in [2.75, 3.05) is 6.54 Å². The number of thioether (sulfide) groups is 1. The molecular weight excluding hydrogens is 262 g/mol. The third-order valence-electron chi connectivity index (χ3n) is 4.45. The van der Waals surface area contributed by atoms with E-state index in [0.717, 1.165) is 17.5 Å². The van der Waals surface area contributed by atoms with Gasteiger partial charge in [-0.15, -0.1) is 0 Å². The SMILES string of the molecule is CCCNC1C(SCc2cccc(C)c2)CCC1(C)C. The Labute approximate surface area is 128 Å². The van der Waals surface area contributed by atoms with Crippen LogP contribution in [0.3, 0.4) is 0 Å². The molecule has 1 aliphatic carbocycles. The summed E-state index contributed by atoms with van der Waals surface area (Å²) in [6, 6.07) is 9.60. The number of benzene rings is 1. The van der Waals surface area contributed by atoms with Gasteiger partial charge in [0.15, 0.2) is 0 Å². The highest BCUT2D eigenvalue weighted by atomic mass is 32.2. The first-order valence-electron chi connectivity index (χ1n) is 7.93. The van der Waals surface area contributed by atoms with E-state index in [-0.39, 0.29) is 0 Å². The normalized spacial score (nSPS) is 25.0. The van der Waals surface area contributed by atoms with E-state index in [1.807, 2.05) is 0 Å². The fourth-order valence-corrected chi connectivity index (χ4v) is 4.76. The average Bonchev–Trinajstić information content (AvgIpc) is 2.69. The van der Waals surface area contributed by atoms with Crippen molar-refractivity contribution < 1.29 is 0 Å². The molecule has 0 saturated heterocycles. The summed E-state index contributed by atoms with van der Waals surface area (Å²) in [4.78, 5) is 0. The Balaban J connectivity index is 1.94. The van der Waals surface area contributed by atoms with Crippen LogP contribution in [0.2, 0.25) is 0 Å². The summed E-state index contributed by atoms with van der Waals surface area (Å²) in [5.41, 5.74) is 3.28. The minimum atomic E-state index is 0.444. The Hall–Kier alpha value is -0.470. The van der Waals surface area contributed by atoms with E-state index >= 15 is 0 Å². The Morgan fingerprint density at radius 2 is 2.15 bits per heavy atom. The zero-order chi connectivity index (χ0) is 14.6. The monoisotopic (exact) mass is 291 g/mol. The number of hydrogen-bond donors (Lipinski definition) is 1. The maximum atomic E-state index is 3.80. The van der Waals surface area contributed by atoms with E-state index in [9.17, 15) is 0 Å². The molecule has 1 fully saturated rings. The third kappa shape index (κ3) is 4.02. The molecule has 2 rings (SSSR count). The molecule has 0 spiro atoms. The van der Waals surface area contributed by atoms with Crippen LogP contribution in [-0.4, -0.2) is 17.8 Å². The molecule has 1 aromatic rings. The van der Waals surface area contributed by atoms with Gasteiger partial charge in [0, 0.05) is 17.0 Å². The maximum Gasteiger partial charge on any atom is 0.0237 e. The lowest BCUT2D eigenvalue weighted by atomic mass is 9.87. The molecule has 1 aromatic carbocycles. The van der Waals surface area contributed by atoms with E-state index in [4.69, 9.17) is 0 Å². The second-order valence-corrected chi connectivity index (χ2v) is 8.03. The molecular formula is C18H29NS. The van der Waals surface area contributed by atoms with Gasteiger partial charge in [0.1, 0.15) is 0 Å². The van der Waals surface area contributed by atoms with Gasteiger partial charge in [0.2, 0.25) is 0 Å². The smallest absolute Gasteiger partial charge is 0.0237 e. The van der Waals surface area contributed by atoms with Crippen molar-refractivity contribution in [2.24, 2.45) is 5.41 Å². The summed E-state index contributed by atoms with van der Waals surface area (Å²) < 4.78 is 0. The van der Waals surface area contributed by atoms with E-state index < -0.39 is 0 Å². The summed E-state index contributed by atoms with van der Waals surface area (Å²) in [7, 11) is 0. The first-order chi connectivity index (χ1) is 9.53. The first kappa shape index (κ1) is 15.9. The molecule has 20 heavy (non-hydrogen) atoms. The van der Waals surface area contributed by atoms with Gasteiger partial charge in [-0.3, -0.25) is 0 Å². The van der Waals surface area contributed by atoms with Gasteiger partial charge in [-0.25, -0.2) is 0 Å². The highest BCUT2D eigenvalue weighted by Crippen LogP contribution is 2.43. The fourth-order valence-electron chi connectivity index (χ4n) is 3.23. The Kier molecular flexibility index (Phi) is 5.57. The van der Waals surface area contributed by atoms with Crippen LogP contribution in [-0.2, 0) is 5.75 Å². The van der Waals surface area contributed by atoms with Gasteiger partial charge >= 0.3 is 0 Å². The largest absolute Gasteiger partial charge is 0.312 e. The predicted molar refractivity (Wildman–Crippen MR) is 91.4 cm³/mol. The third-order valence-corrected chi connectivity index (χ3v) is 5.88. The minimum absolute atomic E-state index is 0.444. The Morgan fingerprint density at radius 3 is 2.85 bits per heavy atom. The lowest BCUT2D eigenvalue weighted by Crippen LogP contribution is -2.43. The van der Waals surface area contributed by atoms with Crippen LogP contribution in [0.25, 0.3) is 0 Å². The van der Waals surface area contributed by atoms with Crippen molar-refractivity contribution in [1.82, 2.24) is 5.32 Å². The molecule has 0 radical (unpaired) electrons. The zero-order valence-corrected chi connectivity index (χ0v) is 14.2. The lowest BCUT2D eigenvalue weighted by Gasteiger charge is -2.31.